The van der Waals surface area contributed by atoms with Crippen LogP contribution in [0, 0.1) is 11.8 Å². The van der Waals surface area contributed by atoms with E-state index in [1.165, 1.54) is 0 Å². The predicted molar refractivity (Wildman–Crippen MR) is 46.8 cm³/mol. The molecular formula is C10H16F2O. The van der Waals surface area contributed by atoms with Gasteiger partial charge in [0.15, 0.2) is 0 Å². The van der Waals surface area contributed by atoms with Crippen LogP contribution in [0.1, 0.15) is 39.0 Å². The summed E-state index contributed by atoms with van der Waals surface area (Å²) in [5.41, 5.74) is 0. The largest absolute Gasteiger partial charge is 0.299 e. The van der Waals surface area contributed by atoms with Crippen molar-refractivity contribution in [3.8, 4) is 0 Å². The van der Waals surface area contributed by atoms with Gasteiger partial charge in [-0.25, -0.2) is 8.78 Å². The lowest BCUT2D eigenvalue weighted by molar-refractivity contribution is -0.127. The molecule has 0 bridgehead atoms. The first-order chi connectivity index (χ1) is 6.13. The van der Waals surface area contributed by atoms with Crippen LogP contribution in [0.2, 0.25) is 0 Å². The molecule has 2 unspecified atom stereocenters. The lowest BCUT2D eigenvalue weighted by atomic mass is 9.78. The van der Waals surface area contributed by atoms with Crippen molar-refractivity contribution in [2.45, 2.75) is 45.5 Å². The zero-order chi connectivity index (χ0) is 9.84. The molecule has 1 nitrogen and oxygen atoms in total. The Morgan fingerprint density at radius 1 is 1.54 bits per heavy atom. The van der Waals surface area contributed by atoms with Crippen LogP contribution in [-0.2, 0) is 4.79 Å². The molecule has 0 spiro atoms. The average molecular weight is 190 g/mol. The maximum Gasteiger partial charge on any atom is 0.239 e. The molecule has 1 fully saturated rings. The van der Waals surface area contributed by atoms with Crippen molar-refractivity contribution in [1.82, 2.24) is 0 Å². The standard InChI is InChI=1S/C10H16F2O/c1-2-7-3-4-9(13)8(5-7)6-10(11)12/h7-8,10H,2-6H2,1H3. The first-order valence-electron chi connectivity index (χ1n) is 4.94. The summed E-state index contributed by atoms with van der Waals surface area (Å²) in [5.74, 6) is 0.171. The smallest absolute Gasteiger partial charge is 0.239 e. The highest BCUT2D eigenvalue weighted by Crippen LogP contribution is 2.31. The number of alkyl halides is 2. The number of ketones is 1. The summed E-state index contributed by atoms with van der Waals surface area (Å²) >= 11 is 0. The summed E-state index contributed by atoms with van der Waals surface area (Å²) < 4.78 is 24.1. The molecule has 76 valence electrons. The second-order valence-electron chi connectivity index (χ2n) is 3.84. The highest BCUT2D eigenvalue weighted by molar-refractivity contribution is 5.81. The van der Waals surface area contributed by atoms with Gasteiger partial charge in [0.05, 0.1) is 0 Å². The lowest BCUT2D eigenvalue weighted by Crippen LogP contribution is -2.26. The molecule has 0 aromatic heterocycles. The second kappa shape index (κ2) is 4.68. The van der Waals surface area contributed by atoms with E-state index in [9.17, 15) is 13.6 Å². The van der Waals surface area contributed by atoms with Gasteiger partial charge in [0.2, 0.25) is 6.43 Å². The Kier molecular flexibility index (Phi) is 3.82. The quantitative estimate of drug-likeness (QED) is 0.668. The van der Waals surface area contributed by atoms with Crippen molar-refractivity contribution < 1.29 is 13.6 Å². The molecule has 1 rings (SSSR count). The van der Waals surface area contributed by atoms with Crippen molar-refractivity contribution in [3.63, 3.8) is 0 Å². The molecular weight excluding hydrogens is 174 g/mol. The molecule has 0 heterocycles. The van der Waals surface area contributed by atoms with Gasteiger partial charge in [0.1, 0.15) is 5.78 Å². The minimum absolute atomic E-state index is 0.0463. The molecule has 1 saturated carbocycles. The molecule has 13 heavy (non-hydrogen) atoms. The van der Waals surface area contributed by atoms with Gasteiger partial charge in [-0.3, -0.25) is 4.79 Å². The van der Waals surface area contributed by atoms with E-state index in [-0.39, 0.29) is 18.1 Å². The Balaban J connectivity index is 2.45. The molecule has 0 aromatic rings. The first-order valence-corrected chi connectivity index (χ1v) is 4.94. The number of carbonyl (C=O) groups is 1. The zero-order valence-electron chi connectivity index (χ0n) is 7.93. The van der Waals surface area contributed by atoms with E-state index in [0.717, 1.165) is 12.8 Å². The van der Waals surface area contributed by atoms with Crippen LogP contribution in [0.4, 0.5) is 8.78 Å². The number of hydrogen-bond acceptors (Lipinski definition) is 1. The van der Waals surface area contributed by atoms with Crippen molar-refractivity contribution in [1.29, 1.82) is 0 Å². The summed E-state index contributed by atoms with van der Waals surface area (Å²) in [6.07, 6.45) is 0.539. The summed E-state index contributed by atoms with van der Waals surface area (Å²) in [4.78, 5) is 11.3. The zero-order valence-corrected chi connectivity index (χ0v) is 7.93. The van der Waals surface area contributed by atoms with Crippen LogP contribution in [0.15, 0.2) is 0 Å². The van der Waals surface area contributed by atoms with E-state index in [4.69, 9.17) is 0 Å². The van der Waals surface area contributed by atoms with Gasteiger partial charge in [-0.15, -0.1) is 0 Å². The van der Waals surface area contributed by atoms with Gasteiger partial charge < -0.3 is 0 Å². The molecule has 2 atom stereocenters. The predicted octanol–water partition coefficient (Wildman–Crippen LogP) is 3.04. The Labute approximate surface area is 77.5 Å². The highest BCUT2D eigenvalue weighted by atomic mass is 19.3. The minimum atomic E-state index is -2.33. The maximum atomic E-state index is 12.1. The summed E-state index contributed by atoms with van der Waals surface area (Å²) in [6.45, 7) is 2.06. The number of hydrogen-bond donors (Lipinski definition) is 0. The first kappa shape index (κ1) is 10.6. The molecule has 0 radical (unpaired) electrons. The minimum Gasteiger partial charge on any atom is -0.299 e. The van der Waals surface area contributed by atoms with Gasteiger partial charge in [-0.2, -0.15) is 0 Å². The van der Waals surface area contributed by atoms with E-state index in [1.807, 2.05) is 0 Å². The fourth-order valence-electron chi connectivity index (χ4n) is 2.02. The van der Waals surface area contributed by atoms with E-state index < -0.39 is 6.43 Å². The van der Waals surface area contributed by atoms with Gasteiger partial charge in [-0.1, -0.05) is 13.3 Å². The van der Waals surface area contributed by atoms with Crippen molar-refractivity contribution in [3.05, 3.63) is 0 Å². The summed E-state index contributed by atoms with van der Waals surface area (Å²) in [7, 11) is 0. The van der Waals surface area contributed by atoms with Crippen LogP contribution >= 0.6 is 0 Å². The monoisotopic (exact) mass is 190 g/mol. The van der Waals surface area contributed by atoms with Crippen LogP contribution in [-0.4, -0.2) is 12.2 Å². The van der Waals surface area contributed by atoms with Crippen molar-refractivity contribution >= 4 is 5.78 Å². The van der Waals surface area contributed by atoms with Crippen LogP contribution in [0.3, 0.4) is 0 Å². The molecule has 0 amide bonds. The van der Waals surface area contributed by atoms with E-state index in [1.54, 1.807) is 0 Å². The van der Waals surface area contributed by atoms with Crippen molar-refractivity contribution in [2.24, 2.45) is 11.8 Å². The topological polar surface area (TPSA) is 17.1 Å². The Hall–Kier alpha value is -0.470. The molecule has 1 aliphatic rings. The normalized spacial score (nSPS) is 29.7. The van der Waals surface area contributed by atoms with Crippen molar-refractivity contribution in [2.75, 3.05) is 0 Å². The molecule has 0 aromatic carbocycles. The van der Waals surface area contributed by atoms with Crippen LogP contribution < -0.4 is 0 Å². The third-order valence-electron chi connectivity index (χ3n) is 2.91. The van der Waals surface area contributed by atoms with Gasteiger partial charge in [0.25, 0.3) is 0 Å². The summed E-state index contributed by atoms with van der Waals surface area (Å²) in [5, 5.41) is 0. The SMILES string of the molecule is CCC1CCC(=O)C(CC(F)F)C1. The van der Waals surface area contributed by atoms with Gasteiger partial charge in [-0.05, 0) is 18.8 Å². The Morgan fingerprint density at radius 2 is 2.23 bits per heavy atom. The third-order valence-corrected chi connectivity index (χ3v) is 2.91. The number of carbonyl (C=O) groups excluding carboxylic acids is 1. The third kappa shape index (κ3) is 3.05. The van der Waals surface area contributed by atoms with Gasteiger partial charge >= 0.3 is 0 Å². The molecule has 0 saturated heterocycles. The Bertz CT molecular complexity index is 180. The molecule has 3 heteroatoms. The van der Waals surface area contributed by atoms with Crippen LogP contribution in [0.25, 0.3) is 0 Å². The average Bonchev–Trinajstić information content (AvgIpc) is 2.08. The second-order valence-corrected chi connectivity index (χ2v) is 3.84. The van der Waals surface area contributed by atoms with E-state index in [2.05, 4.69) is 6.92 Å². The lowest BCUT2D eigenvalue weighted by Gasteiger charge is -2.26. The fraction of sp³-hybridized carbons (Fsp3) is 0.900. The summed E-state index contributed by atoms with van der Waals surface area (Å²) in [6, 6.07) is 0. The molecule has 0 aliphatic heterocycles. The van der Waals surface area contributed by atoms with Gasteiger partial charge in [0, 0.05) is 18.8 Å². The fourth-order valence-corrected chi connectivity index (χ4v) is 2.02. The number of rotatable bonds is 3. The molecule has 0 N–H and O–H groups in total. The van der Waals surface area contributed by atoms with E-state index in [0.29, 0.717) is 18.8 Å². The van der Waals surface area contributed by atoms with E-state index >= 15 is 0 Å². The maximum absolute atomic E-state index is 12.1. The number of Topliss-reactive ketones (excluding diaryl/α,β-unsaturated/α-hetero) is 1. The Morgan fingerprint density at radius 3 is 2.77 bits per heavy atom. The number of halogens is 2. The molecule has 1 aliphatic carbocycles. The highest BCUT2D eigenvalue weighted by Gasteiger charge is 2.29. The van der Waals surface area contributed by atoms with Crippen LogP contribution in [0.5, 0.6) is 0 Å².